The maximum Gasteiger partial charge on any atom is 0.0623 e. The van der Waals surface area contributed by atoms with Crippen LogP contribution in [0.3, 0.4) is 0 Å². The van der Waals surface area contributed by atoms with Crippen LogP contribution in [0, 0.1) is 11.8 Å². The van der Waals surface area contributed by atoms with E-state index in [4.69, 9.17) is 9.47 Å². The highest BCUT2D eigenvalue weighted by atomic mass is 16.5. The zero-order valence-corrected chi connectivity index (χ0v) is 10.9. The molecule has 0 radical (unpaired) electrons. The van der Waals surface area contributed by atoms with Crippen LogP contribution in [0.2, 0.25) is 0 Å². The molecule has 1 aliphatic heterocycles. The molecule has 1 saturated carbocycles. The first-order chi connectivity index (χ1) is 8.40. The normalized spacial score (nSPS) is 28.8. The van der Waals surface area contributed by atoms with E-state index in [-0.39, 0.29) is 0 Å². The second kappa shape index (κ2) is 7.31. The highest BCUT2D eigenvalue weighted by Crippen LogP contribution is 2.28. The van der Waals surface area contributed by atoms with Gasteiger partial charge in [-0.3, -0.25) is 0 Å². The van der Waals surface area contributed by atoms with Crippen LogP contribution in [0.4, 0.5) is 0 Å². The van der Waals surface area contributed by atoms with E-state index in [9.17, 15) is 0 Å². The van der Waals surface area contributed by atoms with Crippen molar-refractivity contribution in [1.29, 1.82) is 0 Å². The number of rotatable bonds is 9. The molecular formula is C13H26N2O2. The van der Waals surface area contributed by atoms with E-state index in [1.807, 2.05) is 0 Å². The number of nitrogens with one attached hydrogen (secondary N) is 2. The highest BCUT2D eigenvalue weighted by molar-refractivity contribution is 4.82. The van der Waals surface area contributed by atoms with Crippen molar-refractivity contribution in [2.75, 3.05) is 46.1 Å². The van der Waals surface area contributed by atoms with Crippen LogP contribution < -0.4 is 10.6 Å². The molecule has 2 N–H and O–H groups in total. The van der Waals surface area contributed by atoms with E-state index in [1.54, 1.807) is 0 Å². The molecule has 100 valence electrons. The van der Waals surface area contributed by atoms with Crippen molar-refractivity contribution in [3.05, 3.63) is 0 Å². The maximum absolute atomic E-state index is 5.59. The number of ether oxygens (including phenoxy) is 2. The van der Waals surface area contributed by atoms with Gasteiger partial charge >= 0.3 is 0 Å². The largest absolute Gasteiger partial charge is 0.380 e. The predicted octanol–water partition coefficient (Wildman–Crippen LogP) is 0.627. The zero-order chi connectivity index (χ0) is 11.9. The van der Waals surface area contributed by atoms with Crippen LogP contribution in [0.5, 0.6) is 0 Å². The Kier molecular flexibility index (Phi) is 5.71. The van der Waals surface area contributed by atoms with Crippen molar-refractivity contribution >= 4 is 0 Å². The van der Waals surface area contributed by atoms with Gasteiger partial charge < -0.3 is 20.1 Å². The SMILES string of the molecule is CCNC1COCC1CNCCOCC1CC1. The molecule has 0 amide bonds. The molecule has 1 aliphatic carbocycles. The van der Waals surface area contributed by atoms with E-state index in [1.165, 1.54) is 12.8 Å². The molecule has 2 aliphatic rings. The lowest BCUT2D eigenvalue weighted by atomic mass is 10.0. The van der Waals surface area contributed by atoms with Gasteiger partial charge in [-0.25, -0.2) is 0 Å². The van der Waals surface area contributed by atoms with Gasteiger partial charge in [-0.1, -0.05) is 6.92 Å². The smallest absolute Gasteiger partial charge is 0.0623 e. The fourth-order valence-electron chi connectivity index (χ4n) is 2.25. The summed E-state index contributed by atoms with van der Waals surface area (Å²) in [6.45, 7) is 8.71. The van der Waals surface area contributed by atoms with Gasteiger partial charge in [0, 0.05) is 31.7 Å². The fraction of sp³-hybridized carbons (Fsp3) is 1.00. The van der Waals surface area contributed by atoms with Crippen molar-refractivity contribution in [1.82, 2.24) is 10.6 Å². The summed E-state index contributed by atoms with van der Waals surface area (Å²) in [5.74, 6) is 1.48. The lowest BCUT2D eigenvalue weighted by Crippen LogP contribution is -2.40. The van der Waals surface area contributed by atoms with E-state index in [0.717, 1.165) is 52.0 Å². The summed E-state index contributed by atoms with van der Waals surface area (Å²) in [5, 5.41) is 6.94. The summed E-state index contributed by atoms with van der Waals surface area (Å²) in [6, 6.07) is 0.528. The molecule has 0 spiro atoms. The fourth-order valence-corrected chi connectivity index (χ4v) is 2.25. The van der Waals surface area contributed by atoms with Gasteiger partial charge in [0.15, 0.2) is 0 Å². The number of hydrogen-bond donors (Lipinski definition) is 2. The Labute approximate surface area is 104 Å². The van der Waals surface area contributed by atoms with Gasteiger partial charge in [0.25, 0.3) is 0 Å². The first kappa shape index (κ1) is 13.3. The van der Waals surface area contributed by atoms with E-state index in [2.05, 4.69) is 17.6 Å². The minimum Gasteiger partial charge on any atom is -0.380 e. The summed E-state index contributed by atoms with van der Waals surface area (Å²) in [7, 11) is 0. The summed E-state index contributed by atoms with van der Waals surface area (Å²) in [6.07, 6.45) is 2.74. The van der Waals surface area contributed by atoms with Gasteiger partial charge in [-0.15, -0.1) is 0 Å². The zero-order valence-electron chi connectivity index (χ0n) is 10.9. The van der Waals surface area contributed by atoms with Crippen LogP contribution in [-0.4, -0.2) is 52.1 Å². The molecule has 0 aromatic rings. The van der Waals surface area contributed by atoms with Gasteiger partial charge in [0.1, 0.15) is 0 Å². The average Bonchev–Trinajstić information content (AvgIpc) is 3.05. The Balaban J connectivity index is 1.45. The maximum atomic E-state index is 5.59. The number of likely N-dealkylation sites (N-methyl/N-ethyl adjacent to an activating group) is 1. The highest BCUT2D eigenvalue weighted by Gasteiger charge is 2.26. The topological polar surface area (TPSA) is 42.5 Å². The molecule has 4 nitrogen and oxygen atoms in total. The van der Waals surface area contributed by atoms with E-state index in [0.29, 0.717) is 12.0 Å². The Morgan fingerprint density at radius 2 is 2.18 bits per heavy atom. The predicted molar refractivity (Wildman–Crippen MR) is 68.2 cm³/mol. The molecule has 2 fully saturated rings. The molecular weight excluding hydrogens is 216 g/mol. The second-order valence-electron chi connectivity index (χ2n) is 5.18. The average molecular weight is 242 g/mol. The first-order valence-corrected chi connectivity index (χ1v) is 6.99. The van der Waals surface area contributed by atoms with E-state index < -0.39 is 0 Å². The number of hydrogen-bond acceptors (Lipinski definition) is 4. The molecule has 0 bridgehead atoms. The van der Waals surface area contributed by atoms with Gasteiger partial charge in [0.2, 0.25) is 0 Å². The van der Waals surface area contributed by atoms with Crippen LogP contribution in [0.1, 0.15) is 19.8 Å². The summed E-state index contributed by atoms with van der Waals surface area (Å²) >= 11 is 0. The Hall–Kier alpha value is -0.160. The molecule has 17 heavy (non-hydrogen) atoms. The Morgan fingerprint density at radius 3 is 2.94 bits per heavy atom. The van der Waals surface area contributed by atoms with E-state index >= 15 is 0 Å². The van der Waals surface area contributed by atoms with Crippen LogP contribution >= 0.6 is 0 Å². The van der Waals surface area contributed by atoms with Gasteiger partial charge in [0.05, 0.1) is 19.8 Å². The minimum atomic E-state index is 0.528. The monoisotopic (exact) mass is 242 g/mol. The Bertz CT molecular complexity index is 210. The lowest BCUT2D eigenvalue weighted by Gasteiger charge is -2.18. The van der Waals surface area contributed by atoms with Gasteiger partial charge in [-0.2, -0.15) is 0 Å². The van der Waals surface area contributed by atoms with Crippen molar-refractivity contribution in [3.63, 3.8) is 0 Å². The minimum absolute atomic E-state index is 0.528. The molecule has 1 saturated heterocycles. The van der Waals surface area contributed by atoms with Crippen LogP contribution in [0.25, 0.3) is 0 Å². The molecule has 1 heterocycles. The molecule has 0 aromatic carbocycles. The first-order valence-electron chi connectivity index (χ1n) is 6.99. The Morgan fingerprint density at radius 1 is 1.29 bits per heavy atom. The van der Waals surface area contributed by atoms with Gasteiger partial charge in [-0.05, 0) is 25.3 Å². The van der Waals surface area contributed by atoms with Crippen molar-refractivity contribution in [3.8, 4) is 0 Å². The molecule has 4 heteroatoms. The van der Waals surface area contributed by atoms with Crippen molar-refractivity contribution in [2.24, 2.45) is 11.8 Å². The molecule has 0 aromatic heterocycles. The summed E-state index contributed by atoms with van der Waals surface area (Å²) < 4.78 is 11.1. The summed E-state index contributed by atoms with van der Waals surface area (Å²) in [4.78, 5) is 0. The quantitative estimate of drug-likeness (QED) is 0.582. The second-order valence-corrected chi connectivity index (χ2v) is 5.18. The molecule has 2 unspecified atom stereocenters. The van der Waals surface area contributed by atoms with Crippen molar-refractivity contribution in [2.45, 2.75) is 25.8 Å². The lowest BCUT2D eigenvalue weighted by molar-refractivity contribution is 0.125. The van der Waals surface area contributed by atoms with Crippen LogP contribution in [0.15, 0.2) is 0 Å². The third-order valence-electron chi connectivity index (χ3n) is 3.54. The van der Waals surface area contributed by atoms with Crippen molar-refractivity contribution < 1.29 is 9.47 Å². The molecule has 2 rings (SSSR count). The third-order valence-corrected chi connectivity index (χ3v) is 3.54. The van der Waals surface area contributed by atoms with Crippen LogP contribution in [-0.2, 0) is 9.47 Å². The molecule has 2 atom stereocenters. The standard InChI is InChI=1S/C13H26N2O2/c1-2-15-13-10-17-9-12(13)7-14-5-6-16-8-11-3-4-11/h11-15H,2-10H2,1H3. The summed E-state index contributed by atoms with van der Waals surface area (Å²) in [5.41, 5.74) is 0. The third kappa shape index (κ3) is 4.92.